The number of hydrogen-bond acceptors (Lipinski definition) is 3. The second-order valence-corrected chi connectivity index (χ2v) is 7.08. The minimum absolute atomic E-state index is 0.0273. The molecule has 0 fully saturated rings. The van der Waals surface area contributed by atoms with Gasteiger partial charge in [-0.3, -0.25) is 4.79 Å². The van der Waals surface area contributed by atoms with E-state index >= 15 is 0 Å². The fourth-order valence-corrected chi connectivity index (χ4v) is 3.37. The van der Waals surface area contributed by atoms with Gasteiger partial charge >= 0.3 is 0 Å². The van der Waals surface area contributed by atoms with Gasteiger partial charge in [-0.15, -0.1) is 0 Å². The number of carbonyl (C=O) groups is 1. The highest BCUT2D eigenvalue weighted by Gasteiger charge is 2.08. The number of imidazole rings is 1. The number of fused-ring (bicyclic) bond motifs is 2. The summed E-state index contributed by atoms with van der Waals surface area (Å²) in [6, 6.07) is 10.1. The second-order valence-electron chi connectivity index (χ2n) is 6.17. The second kappa shape index (κ2) is 7.29. The molecular formula is C19H18BrN5O. The first-order valence-electron chi connectivity index (χ1n) is 8.51. The van der Waals surface area contributed by atoms with E-state index in [4.69, 9.17) is 0 Å². The third kappa shape index (κ3) is 3.62. The molecule has 0 aliphatic rings. The van der Waals surface area contributed by atoms with Gasteiger partial charge in [-0.2, -0.15) is 0 Å². The van der Waals surface area contributed by atoms with Crippen LogP contribution in [0.25, 0.3) is 22.1 Å². The number of aromatic amines is 2. The monoisotopic (exact) mass is 411 g/mol. The number of hydrogen-bond donors (Lipinski definition) is 3. The topological polar surface area (TPSA) is 86.5 Å². The van der Waals surface area contributed by atoms with Gasteiger partial charge in [0.2, 0.25) is 5.91 Å². The highest BCUT2D eigenvalue weighted by molar-refractivity contribution is 9.10. The lowest BCUT2D eigenvalue weighted by atomic mass is 10.1. The van der Waals surface area contributed by atoms with Crippen LogP contribution in [-0.2, 0) is 17.6 Å². The maximum atomic E-state index is 12.1. The van der Waals surface area contributed by atoms with E-state index in [1.165, 1.54) is 10.9 Å². The van der Waals surface area contributed by atoms with Crippen LogP contribution in [0.4, 0.5) is 0 Å². The van der Waals surface area contributed by atoms with Crippen molar-refractivity contribution in [1.29, 1.82) is 0 Å². The molecule has 3 heterocycles. The zero-order valence-electron chi connectivity index (χ0n) is 14.1. The molecule has 0 atom stereocenters. The minimum atomic E-state index is 0.0273. The van der Waals surface area contributed by atoms with Gasteiger partial charge in [0.05, 0.1) is 5.52 Å². The van der Waals surface area contributed by atoms with E-state index in [2.05, 4.69) is 53.3 Å². The Kier molecular flexibility index (Phi) is 4.71. The van der Waals surface area contributed by atoms with E-state index in [1.807, 2.05) is 24.4 Å². The number of H-pyrrole nitrogens is 2. The molecule has 7 heteroatoms. The molecule has 0 aliphatic heterocycles. The molecule has 0 radical (unpaired) electrons. The van der Waals surface area contributed by atoms with Crippen LogP contribution < -0.4 is 5.32 Å². The van der Waals surface area contributed by atoms with Crippen LogP contribution in [0, 0.1) is 0 Å². The van der Waals surface area contributed by atoms with Gasteiger partial charge in [0.1, 0.15) is 5.82 Å². The van der Waals surface area contributed by atoms with Crippen molar-refractivity contribution in [2.24, 2.45) is 0 Å². The van der Waals surface area contributed by atoms with Gasteiger partial charge in [0, 0.05) is 47.2 Å². The third-order valence-electron chi connectivity index (χ3n) is 4.33. The first kappa shape index (κ1) is 16.8. The van der Waals surface area contributed by atoms with Crippen molar-refractivity contribution >= 4 is 43.9 Å². The predicted octanol–water partition coefficient (Wildman–Crippen LogP) is 3.49. The van der Waals surface area contributed by atoms with E-state index in [1.54, 1.807) is 6.20 Å². The summed E-state index contributed by atoms with van der Waals surface area (Å²) < 4.78 is 0.898. The zero-order valence-corrected chi connectivity index (χ0v) is 15.6. The van der Waals surface area contributed by atoms with Crippen LogP contribution in [0.5, 0.6) is 0 Å². The fourth-order valence-electron chi connectivity index (χ4n) is 3.04. The molecule has 0 saturated carbocycles. The SMILES string of the molecule is O=C(CCc1nc2ncc(Br)cc2[nH]1)NCCc1c[nH]c2ccccc12. The van der Waals surface area contributed by atoms with Crippen LogP contribution in [0.1, 0.15) is 17.8 Å². The number of benzene rings is 1. The van der Waals surface area contributed by atoms with Crippen molar-refractivity contribution in [2.45, 2.75) is 19.3 Å². The summed E-state index contributed by atoms with van der Waals surface area (Å²) in [7, 11) is 0. The number of carbonyl (C=O) groups excluding carboxylic acids is 1. The third-order valence-corrected chi connectivity index (χ3v) is 4.77. The molecule has 132 valence electrons. The molecule has 3 N–H and O–H groups in total. The number of rotatable bonds is 6. The fraction of sp³-hybridized carbons (Fsp3) is 0.211. The molecule has 0 unspecified atom stereocenters. The van der Waals surface area contributed by atoms with Crippen LogP contribution in [0.2, 0.25) is 0 Å². The lowest BCUT2D eigenvalue weighted by molar-refractivity contribution is -0.121. The minimum Gasteiger partial charge on any atom is -0.361 e. The molecule has 0 spiro atoms. The van der Waals surface area contributed by atoms with Crippen LogP contribution in [0.15, 0.2) is 47.2 Å². The van der Waals surface area contributed by atoms with E-state index in [0.717, 1.165) is 27.8 Å². The maximum Gasteiger partial charge on any atom is 0.220 e. The van der Waals surface area contributed by atoms with Gasteiger partial charge in [-0.1, -0.05) is 18.2 Å². The quantitative estimate of drug-likeness (QED) is 0.453. The number of nitrogens with zero attached hydrogens (tertiary/aromatic N) is 2. The summed E-state index contributed by atoms with van der Waals surface area (Å²) in [5.41, 5.74) is 3.88. The van der Waals surface area contributed by atoms with E-state index in [9.17, 15) is 4.79 Å². The van der Waals surface area contributed by atoms with Crippen molar-refractivity contribution in [3.63, 3.8) is 0 Å². The Bertz CT molecular complexity index is 1070. The molecule has 6 nitrogen and oxygen atoms in total. The highest BCUT2D eigenvalue weighted by Crippen LogP contribution is 2.18. The van der Waals surface area contributed by atoms with Crippen molar-refractivity contribution in [2.75, 3.05) is 6.54 Å². The molecule has 1 amide bonds. The van der Waals surface area contributed by atoms with Crippen LogP contribution in [0.3, 0.4) is 0 Å². The van der Waals surface area contributed by atoms with Crippen LogP contribution in [-0.4, -0.2) is 32.4 Å². The Morgan fingerprint density at radius 2 is 2.08 bits per heavy atom. The standard InChI is InChI=1S/C19H18BrN5O/c20-13-9-16-19(23-11-13)25-17(24-16)5-6-18(26)21-8-7-12-10-22-15-4-2-1-3-14(12)15/h1-4,9-11,22H,5-8H2,(H,21,26)(H,23,24,25). The molecule has 4 aromatic rings. The zero-order chi connectivity index (χ0) is 17.9. The van der Waals surface area contributed by atoms with Gasteiger partial charge in [-0.25, -0.2) is 9.97 Å². The molecule has 1 aromatic carbocycles. The summed E-state index contributed by atoms with van der Waals surface area (Å²) in [4.78, 5) is 27.2. The lowest BCUT2D eigenvalue weighted by Crippen LogP contribution is -2.25. The first-order valence-corrected chi connectivity index (χ1v) is 9.30. The van der Waals surface area contributed by atoms with Crippen molar-refractivity contribution < 1.29 is 4.79 Å². The average Bonchev–Trinajstić information content (AvgIpc) is 3.23. The molecule has 0 saturated heterocycles. The van der Waals surface area contributed by atoms with Gasteiger partial charge in [0.15, 0.2) is 5.65 Å². The Labute approximate surface area is 158 Å². The molecule has 3 aromatic heterocycles. The van der Waals surface area contributed by atoms with Gasteiger partial charge in [0.25, 0.3) is 0 Å². The Balaban J connectivity index is 1.28. The summed E-state index contributed by atoms with van der Waals surface area (Å²) in [5.74, 6) is 0.803. The van der Waals surface area contributed by atoms with Crippen molar-refractivity contribution in [3.8, 4) is 0 Å². The summed E-state index contributed by atoms with van der Waals surface area (Å²) in [6.07, 6.45) is 5.49. The molecule has 26 heavy (non-hydrogen) atoms. The molecule has 0 bridgehead atoms. The Morgan fingerprint density at radius 1 is 1.19 bits per heavy atom. The Hall–Kier alpha value is -2.67. The molecule has 0 aliphatic carbocycles. The number of nitrogens with one attached hydrogen (secondary N) is 3. The number of para-hydroxylation sites is 1. The van der Waals surface area contributed by atoms with E-state index < -0.39 is 0 Å². The first-order chi connectivity index (χ1) is 12.7. The van der Waals surface area contributed by atoms with Gasteiger partial charge < -0.3 is 15.3 Å². The summed E-state index contributed by atoms with van der Waals surface area (Å²) >= 11 is 3.39. The highest BCUT2D eigenvalue weighted by atomic mass is 79.9. The maximum absolute atomic E-state index is 12.1. The molecule has 4 rings (SSSR count). The number of amides is 1. The number of aromatic nitrogens is 4. The summed E-state index contributed by atoms with van der Waals surface area (Å²) in [6.45, 7) is 0.620. The lowest BCUT2D eigenvalue weighted by Gasteiger charge is -2.04. The van der Waals surface area contributed by atoms with Crippen molar-refractivity contribution in [1.82, 2.24) is 25.3 Å². The largest absolute Gasteiger partial charge is 0.361 e. The smallest absolute Gasteiger partial charge is 0.220 e. The number of halogens is 1. The van der Waals surface area contributed by atoms with Crippen LogP contribution >= 0.6 is 15.9 Å². The van der Waals surface area contributed by atoms with E-state index in [-0.39, 0.29) is 5.91 Å². The predicted molar refractivity (Wildman–Crippen MR) is 105 cm³/mol. The van der Waals surface area contributed by atoms with E-state index in [0.29, 0.717) is 25.0 Å². The average molecular weight is 412 g/mol. The number of pyridine rings is 1. The number of aryl methyl sites for hydroxylation is 1. The van der Waals surface area contributed by atoms with Crippen molar-refractivity contribution in [3.05, 3.63) is 58.6 Å². The molecular weight excluding hydrogens is 394 g/mol. The summed E-state index contributed by atoms with van der Waals surface area (Å²) in [5, 5.41) is 4.19. The Morgan fingerprint density at radius 3 is 3.00 bits per heavy atom. The normalized spacial score (nSPS) is 11.3. The van der Waals surface area contributed by atoms with Gasteiger partial charge in [-0.05, 0) is 40.0 Å².